The summed E-state index contributed by atoms with van der Waals surface area (Å²) in [7, 11) is 1.97. The Morgan fingerprint density at radius 2 is 2.15 bits per heavy atom. The summed E-state index contributed by atoms with van der Waals surface area (Å²) in [6, 6.07) is 0. The van der Waals surface area contributed by atoms with Gasteiger partial charge in [0.25, 0.3) is 0 Å². The van der Waals surface area contributed by atoms with E-state index in [4.69, 9.17) is 4.99 Å². The molecule has 1 aromatic rings. The minimum absolute atomic E-state index is 0.497. The molecule has 0 saturated heterocycles. The number of anilines is 1. The van der Waals surface area contributed by atoms with Gasteiger partial charge in [0.2, 0.25) is 0 Å². The van der Waals surface area contributed by atoms with Crippen LogP contribution in [0.2, 0.25) is 0 Å². The summed E-state index contributed by atoms with van der Waals surface area (Å²) < 4.78 is 1.87. The highest BCUT2D eigenvalue weighted by Gasteiger charge is 2.34. The molecular weight excluding hydrogens is 268 g/mol. The van der Waals surface area contributed by atoms with E-state index in [0.717, 1.165) is 29.5 Å². The van der Waals surface area contributed by atoms with Crippen LogP contribution in [0.25, 0.3) is 0 Å². The Kier molecular flexibility index (Phi) is 4.06. The van der Waals surface area contributed by atoms with E-state index in [1.165, 1.54) is 37.9 Å². The molecule has 0 radical (unpaired) electrons. The zero-order valence-electron chi connectivity index (χ0n) is 12.5. The number of hydrogen-bond donors (Lipinski definition) is 1. The number of nitrogens with one attached hydrogen (secondary N) is 1. The largest absolute Gasteiger partial charge is 0.332 e. The molecule has 4 nitrogen and oxygen atoms in total. The second-order valence-electron chi connectivity index (χ2n) is 6.11. The van der Waals surface area contributed by atoms with Crippen molar-refractivity contribution >= 4 is 22.6 Å². The number of aromatic nitrogens is 2. The SMILES string of the molecule is CCc1nn(C)cc1NC1=NCC2(CCCCC2)CS1. The summed E-state index contributed by atoms with van der Waals surface area (Å²) in [5, 5.41) is 9.01. The van der Waals surface area contributed by atoms with E-state index in [-0.39, 0.29) is 0 Å². The molecule has 3 rings (SSSR count). The number of hydrogen-bond acceptors (Lipinski definition) is 4. The number of aliphatic imine (C=N–C) groups is 1. The molecule has 1 fully saturated rings. The fourth-order valence-electron chi connectivity index (χ4n) is 3.25. The Balaban J connectivity index is 1.67. The fourth-order valence-corrected chi connectivity index (χ4v) is 4.41. The van der Waals surface area contributed by atoms with Gasteiger partial charge >= 0.3 is 0 Å². The van der Waals surface area contributed by atoms with Gasteiger partial charge in [0.05, 0.1) is 11.4 Å². The molecule has 20 heavy (non-hydrogen) atoms. The summed E-state index contributed by atoms with van der Waals surface area (Å²) in [5.74, 6) is 1.22. The van der Waals surface area contributed by atoms with Gasteiger partial charge in [-0.15, -0.1) is 0 Å². The van der Waals surface area contributed by atoms with Crippen LogP contribution in [0.3, 0.4) is 0 Å². The van der Waals surface area contributed by atoms with Crippen molar-refractivity contribution in [1.29, 1.82) is 0 Å². The molecule has 2 aliphatic rings. The van der Waals surface area contributed by atoms with Crippen molar-refractivity contribution in [2.24, 2.45) is 17.5 Å². The predicted octanol–water partition coefficient (Wildman–Crippen LogP) is 3.45. The maximum absolute atomic E-state index is 4.82. The lowest BCUT2D eigenvalue weighted by Crippen LogP contribution is -2.35. The smallest absolute Gasteiger partial charge is 0.161 e. The van der Waals surface area contributed by atoms with Gasteiger partial charge in [-0.05, 0) is 24.7 Å². The van der Waals surface area contributed by atoms with Gasteiger partial charge in [-0.1, -0.05) is 37.9 Å². The number of thioether (sulfide) groups is 1. The zero-order valence-corrected chi connectivity index (χ0v) is 13.3. The number of amidine groups is 1. The van der Waals surface area contributed by atoms with Crippen LogP contribution in [0.4, 0.5) is 5.69 Å². The van der Waals surface area contributed by atoms with Gasteiger partial charge in [-0.2, -0.15) is 5.10 Å². The summed E-state index contributed by atoms with van der Waals surface area (Å²) in [6.45, 7) is 3.14. The first kappa shape index (κ1) is 14.0. The van der Waals surface area contributed by atoms with E-state index in [1.54, 1.807) is 0 Å². The average Bonchev–Trinajstić information content (AvgIpc) is 2.83. The van der Waals surface area contributed by atoms with Crippen LogP contribution in [0.5, 0.6) is 0 Å². The van der Waals surface area contributed by atoms with Crippen LogP contribution >= 0.6 is 11.8 Å². The van der Waals surface area contributed by atoms with E-state index in [1.807, 2.05) is 29.7 Å². The van der Waals surface area contributed by atoms with Gasteiger partial charge in [0, 0.05) is 25.5 Å². The number of rotatable bonds is 2. The Morgan fingerprint density at radius 3 is 2.80 bits per heavy atom. The maximum atomic E-state index is 4.82. The quantitative estimate of drug-likeness (QED) is 0.908. The average molecular weight is 292 g/mol. The van der Waals surface area contributed by atoms with E-state index < -0.39 is 0 Å². The molecule has 1 N–H and O–H groups in total. The molecule has 1 aliphatic heterocycles. The van der Waals surface area contributed by atoms with Crippen molar-refractivity contribution in [2.75, 3.05) is 17.6 Å². The zero-order chi connectivity index (χ0) is 14.0. The van der Waals surface area contributed by atoms with E-state index in [0.29, 0.717) is 5.41 Å². The van der Waals surface area contributed by atoms with Crippen LogP contribution in [0, 0.1) is 5.41 Å². The Hall–Kier alpha value is -0.970. The minimum atomic E-state index is 0.497. The lowest BCUT2D eigenvalue weighted by molar-refractivity contribution is 0.232. The Labute approximate surface area is 125 Å². The highest BCUT2D eigenvalue weighted by molar-refractivity contribution is 8.14. The molecule has 0 bridgehead atoms. The number of aryl methyl sites for hydroxylation is 2. The Morgan fingerprint density at radius 1 is 1.35 bits per heavy atom. The van der Waals surface area contributed by atoms with Crippen molar-refractivity contribution < 1.29 is 0 Å². The molecular formula is C15H24N4S. The number of nitrogens with zero attached hydrogens (tertiary/aromatic N) is 3. The summed E-state index contributed by atoms with van der Waals surface area (Å²) in [6.07, 6.45) is 9.92. The van der Waals surface area contributed by atoms with Crippen molar-refractivity contribution in [3.05, 3.63) is 11.9 Å². The summed E-state index contributed by atoms with van der Waals surface area (Å²) >= 11 is 1.89. The van der Waals surface area contributed by atoms with Crippen LogP contribution in [0.15, 0.2) is 11.2 Å². The first-order chi connectivity index (χ1) is 9.71. The van der Waals surface area contributed by atoms with Crippen molar-refractivity contribution in [3.8, 4) is 0 Å². The van der Waals surface area contributed by atoms with E-state index in [2.05, 4.69) is 17.3 Å². The minimum Gasteiger partial charge on any atom is -0.332 e. The highest BCUT2D eigenvalue weighted by atomic mass is 32.2. The molecule has 1 aromatic heterocycles. The normalized spacial score (nSPS) is 21.8. The van der Waals surface area contributed by atoms with Crippen molar-refractivity contribution in [1.82, 2.24) is 9.78 Å². The van der Waals surface area contributed by atoms with Crippen LogP contribution in [0.1, 0.15) is 44.7 Å². The summed E-state index contributed by atoms with van der Waals surface area (Å²) in [5.41, 5.74) is 2.73. The lowest BCUT2D eigenvalue weighted by Gasteiger charge is -2.38. The van der Waals surface area contributed by atoms with Gasteiger partial charge in [-0.25, -0.2) is 0 Å². The molecule has 0 atom stereocenters. The molecule has 0 amide bonds. The van der Waals surface area contributed by atoms with Crippen LogP contribution < -0.4 is 5.32 Å². The second-order valence-corrected chi connectivity index (χ2v) is 7.08. The Bertz CT molecular complexity index is 500. The first-order valence-electron chi connectivity index (χ1n) is 7.68. The van der Waals surface area contributed by atoms with Gasteiger partial charge in [0.15, 0.2) is 5.17 Å². The van der Waals surface area contributed by atoms with Crippen molar-refractivity contribution in [2.45, 2.75) is 45.4 Å². The molecule has 5 heteroatoms. The third kappa shape index (κ3) is 2.87. The molecule has 110 valence electrons. The topological polar surface area (TPSA) is 42.2 Å². The first-order valence-corrected chi connectivity index (χ1v) is 8.66. The predicted molar refractivity (Wildman–Crippen MR) is 86.5 cm³/mol. The lowest BCUT2D eigenvalue weighted by atomic mass is 9.75. The maximum Gasteiger partial charge on any atom is 0.161 e. The monoisotopic (exact) mass is 292 g/mol. The molecule has 1 spiro atoms. The van der Waals surface area contributed by atoms with E-state index >= 15 is 0 Å². The third-order valence-electron chi connectivity index (χ3n) is 4.47. The third-order valence-corrected chi connectivity index (χ3v) is 5.73. The standard InChI is InChI=1S/C15H24N4S/c1-3-12-13(9-19(2)18-12)17-14-16-10-15(11-20-14)7-5-4-6-8-15/h9H,3-8,10-11H2,1-2H3,(H,16,17). The van der Waals surface area contributed by atoms with Crippen LogP contribution in [-0.4, -0.2) is 27.2 Å². The van der Waals surface area contributed by atoms with Gasteiger partial charge in [-0.3, -0.25) is 9.67 Å². The molecule has 1 aliphatic carbocycles. The fraction of sp³-hybridized carbons (Fsp3) is 0.733. The molecule has 0 unspecified atom stereocenters. The van der Waals surface area contributed by atoms with Gasteiger partial charge < -0.3 is 5.32 Å². The molecule has 2 heterocycles. The van der Waals surface area contributed by atoms with Crippen molar-refractivity contribution in [3.63, 3.8) is 0 Å². The highest BCUT2D eigenvalue weighted by Crippen LogP contribution is 2.42. The van der Waals surface area contributed by atoms with E-state index in [9.17, 15) is 0 Å². The van der Waals surface area contributed by atoms with Gasteiger partial charge in [0.1, 0.15) is 0 Å². The molecule has 1 saturated carbocycles. The summed E-state index contributed by atoms with van der Waals surface area (Å²) in [4.78, 5) is 4.82. The second kappa shape index (κ2) is 5.80. The molecule has 0 aromatic carbocycles. The van der Waals surface area contributed by atoms with Crippen LogP contribution in [-0.2, 0) is 13.5 Å².